The summed E-state index contributed by atoms with van der Waals surface area (Å²) >= 11 is 0. The van der Waals surface area contributed by atoms with Gasteiger partial charge in [-0.25, -0.2) is 9.59 Å². The van der Waals surface area contributed by atoms with Gasteiger partial charge in [0.15, 0.2) is 0 Å². The maximum atomic E-state index is 12.7. The van der Waals surface area contributed by atoms with Crippen LogP contribution in [-0.2, 0) is 9.47 Å². The highest BCUT2D eigenvalue weighted by atomic mass is 16.5. The molecule has 1 saturated heterocycles. The number of benzene rings is 2. The normalized spacial score (nSPS) is 14.1. The first-order chi connectivity index (χ1) is 16.5. The lowest BCUT2D eigenvalue weighted by molar-refractivity contribution is 0.0518. The Morgan fingerprint density at radius 2 is 1.62 bits per heavy atom. The molecule has 1 fully saturated rings. The molecule has 0 unspecified atom stereocenters. The van der Waals surface area contributed by atoms with Crippen molar-refractivity contribution in [2.75, 3.05) is 56.7 Å². The van der Waals surface area contributed by atoms with E-state index in [9.17, 15) is 9.59 Å². The number of ether oxygens (including phenoxy) is 2. The van der Waals surface area contributed by atoms with Crippen LogP contribution < -0.4 is 10.2 Å². The van der Waals surface area contributed by atoms with Gasteiger partial charge in [0.25, 0.3) is 0 Å². The van der Waals surface area contributed by atoms with E-state index in [0.29, 0.717) is 27.7 Å². The van der Waals surface area contributed by atoms with Gasteiger partial charge in [-0.15, -0.1) is 0 Å². The van der Waals surface area contributed by atoms with Crippen LogP contribution in [-0.4, -0.2) is 68.3 Å². The van der Waals surface area contributed by atoms with Crippen molar-refractivity contribution in [3.63, 3.8) is 0 Å². The van der Waals surface area contributed by atoms with Crippen LogP contribution in [0.25, 0.3) is 10.9 Å². The second kappa shape index (κ2) is 10.5. The molecule has 0 aliphatic carbocycles. The third kappa shape index (κ3) is 5.12. The Balaban J connectivity index is 1.69. The van der Waals surface area contributed by atoms with Gasteiger partial charge < -0.3 is 24.6 Å². The van der Waals surface area contributed by atoms with Gasteiger partial charge in [-0.1, -0.05) is 0 Å². The van der Waals surface area contributed by atoms with Crippen molar-refractivity contribution in [1.29, 1.82) is 0 Å². The fourth-order valence-corrected chi connectivity index (χ4v) is 4.00. The molecule has 0 atom stereocenters. The Labute approximate surface area is 199 Å². The molecule has 2 aromatic carbocycles. The summed E-state index contributed by atoms with van der Waals surface area (Å²) in [5, 5.41) is 4.01. The maximum absolute atomic E-state index is 12.7. The third-order valence-electron chi connectivity index (χ3n) is 5.88. The third-order valence-corrected chi connectivity index (χ3v) is 5.88. The molecule has 3 aromatic rings. The number of nitrogens with zero attached hydrogens (tertiary/aromatic N) is 3. The monoisotopic (exact) mass is 462 g/mol. The van der Waals surface area contributed by atoms with Crippen molar-refractivity contribution >= 4 is 39.9 Å². The summed E-state index contributed by atoms with van der Waals surface area (Å²) in [4.78, 5) is 34.1. The Morgan fingerprint density at radius 1 is 0.941 bits per heavy atom. The van der Waals surface area contributed by atoms with Gasteiger partial charge >= 0.3 is 11.9 Å². The number of carbonyl (C=O) groups is 2. The summed E-state index contributed by atoms with van der Waals surface area (Å²) in [6, 6.07) is 13.2. The number of esters is 2. The molecule has 0 saturated carbocycles. The van der Waals surface area contributed by atoms with Crippen LogP contribution >= 0.6 is 0 Å². The summed E-state index contributed by atoms with van der Waals surface area (Å²) in [7, 11) is 2.14. The largest absolute Gasteiger partial charge is 0.462 e. The number of hydrogen-bond acceptors (Lipinski definition) is 8. The predicted molar refractivity (Wildman–Crippen MR) is 133 cm³/mol. The number of pyridine rings is 1. The van der Waals surface area contributed by atoms with E-state index in [0.717, 1.165) is 37.6 Å². The first kappa shape index (κ1) is 23.5. The number of fused-ring (bicyclic) bond motifs is 1. The molecular formula is C26H30N4O4. The molecule has 1 aromatic heterocycles. The van der Waals surface area contributed by atoms with Gasteiger partial charge in [0, 0.05) is 49.1 Å². The molecular weight excluding hydrogens is 432 g/mol. The number of likely N-dealkylation sites (N-methyl/N-ethyl adjacent to an activating group) is 1. The zero-order valence-electron chi connectivity index (χ0n) is 19.8. The van der Waals surface area contributed by atoms with Crippen LogP contribution in [0, 0.1) is 0 Å². The Hall–Kier alpha value is -3.65. The maximum Gasteiger partial charge on any atom is 0.341 e. The standard InChI is InChI=1S/C26H30N4O4/c1-4-33-25(31)18-6-11-23-21(16-18)24(22(17-27-23)26(32)34-5-2)28-19-7-9-20(10-8-19)30-14-12-29(3)13-15-30/h6-11,16-17H,4-5,12-15H2,1-3H3,(H,27,28). The number of piperazine rings is 1. The second-order valence-electron chi connectivity index (χ2n) is 8.18. The van der Waals surface area contributed by atoms with Crippen LogP contribution in [0.15, 0.2) is 48.7 Å². The minimum Gasteiger partial charge on any atom is -0.462 e. The Kier molecular flexibility index (Phi) is 7.27. The fraction of sp³-hybridized carbons (Fsp3) is 0.346. The SMILES string of the molecule is CCOC(=O)c1ccc2ncc(C(=O)OCC)c(Nc3ccc(N4CCN(C)CC4)cc3)c2c1. The van der Waals surface area contributed by atoms with Crippen molar-refractivity contribution in [2.24, 2.45) is 0 Å². The van der Waals surface area contributed by atoms with E-state index in [1.165, 1.54) is 6.20 Å². The number of hydrogen-bond donors (Lipinski definition) is 1. The van der Waals surface area contributed by atoms with E-state index in [1.807, 2.05) is 12.1 Å². The summed E-state index contributed by atoms with van der Waals surface area (Å²) < 4.78 is 10.4. The quantitative estimate of drug-likeness (QED) is 0.526. The summed E-state index contributed by atoms with van der Waals surface area (Å²) in [5.74, 6) is -0.900. The van der Waals surface area contributed by atoms with Crippen molar-refractivity contribution in [3.05, 3.63) is 59.8 Å². The molecule has 1 N–H and O–H groups in total. The van der Waals surface area contributed by atoms with Crippen LogP contribution in [0.1, 0.15) is 34.6 Å². The molecule has 1 aliphatic heterocycles. The Bertz CT molecular complexity index is 1170. The van der Waals surface area contributed by atoms with E-state index in [4.69, 9.17) is 9.47 Å². The first-order valence-corrected chi connectivity index (χ1v) is 11.6. The van der Waals surface area contributed by atoms with E-state index in [2.05, 4.69) is 39.3 Å². The summed E-state index contributed by atoms with van der Waals surface area (Å²) in [5.41, 5.74) is 3.87. The molecule has 0 amide bonds. The van der Waals surface area contributed by atoms with Crippen molar-refractivity contribution < 1.29 is 19.1 Å². The predicted octanol–water partition coefficient (Wildman–Crippen LogP) is 4.08. The highest BCUT2D eigenvalue weighted by Gasteiger charge is 2.19. The average molecular weight is 463 g/mol. The van der Waals surface area contributed by atoms with Gasteiger partial charge in [0.05, 0.1) is 30.0 Å². The van der Waals surface area contributed by atoms with Gasteiger partial charge in [-0.2, -0.15) is 0 Å². The number of rotatable bonds is 7. The lowest BCUT2D eigenvalue weighted by Gasteiger charge is -2.34. The number of anilines is 3. The summed E-state index contributed by atoms with van der Waals surface area (Å²) in [6.45, 7) is 8.10. The molecule has 0 spiro atoms. The van der Waals surface area contributed by atoms with E-state index in [-0.39, 0.29) is 13.2 Å². The number of aromatic nitrogens is 1. The molecule has 178 valence electrons. The van der Waals surface area contributed by atoms with Gasteiger partial charge in [0.2, 0.25) is 0 Å². The van der Waals surface area contributed by atoms with Crippen molar-refractivity contribution in [3.8, 4) is 0 Å². The molecule has 8 nitrogen and oxygen atoms in total. The van der Waals surface area contributed by atoms with Crippen LogP contribution in [0.3, 0.4) is 0 Å². The lowest BCUT2D eigenvalue weighted by atomic mass is 10.1. The molecule has 34 heavy (non-hydrogen) atoms. The molecule has 1 aliphatic rings. The van der Waals surface area contributed by atoms with E-state index >= 15 is 0 Å². The summed E-state index contributed by atoms with van der Waals surface area (Å²) in [6.07, 6.45) is 1.51. The minimum atomic E-state index is -0.477. The Morgan fingerprint density at radius 3 is 2.29 bits per heavy atom. The van der Waals surface area contributed by atoms with Crippen LogP contribution in [0.2, 0.25) is 0 Å². The zero-order chi connectivity index (χ0) is 24.1. The van der Waals surface area contributed by atoms with Crippen LogP contribution in [0.4, 0.5) is 17.1 Å². The minimum absolute atomic E-state index is 0.249. The smallest absolute Gasteiger partial charge is 0.341 e. The lowest BCUT2D eigenvalue weighted by Crippen LogP contribution is -2.44. The van der Waals surface area contributed by atoms with Crippen molar-refractivity contribution in [1.82, 2.24) is 9.88 Å². The molecule has 2 heterocycles. The molecule has 0 bridgehead atoms. The van der Waals surface area contributed by atoms with Gasteiger partial charge in [-0.05, 0) is 63.4 Å². The molecule has 0 radical (unpaired) electrons. The fourth-order valence-electron chi connectivity index (χ4n) is 4.00. The van der Waals surface area contributed by atoms with Crippen molar-refractivity contribution in [2.45, 2.75) is 13.8 Å². The van der Waals surface area contributed by atoms with Crippen LogP contribution in [0.5, 0.6) is 0 Å². The molecule has 4 rings (SSSR count). The highest BCUT2D eigenvalue weighted by molar-refractivity contribution is 6.07. The van der Waals surface area contributed by atoms with Gasteiger partial charge in [-0.3, -0.25) is 4.98 Å². The number of nitrogens with one attached hydrogen (secondary N) is 1. The molecule has 8 heteroatoms. The number of carbonyl (C=O) groups excluding carboxylic acids is 2. The zero-order valence-corrected chi connectivity index (χ0v) is 19.8. The van der Waals surface area contributed by atoms with E-state index in [1.54, 1.807) is 32.0 Å². The topological polar surface area (TPSA) is 84.0 Å². The van der Waals surface area contributed by atoms with E-state index < -0.39 is 11.9 Å². The highest BCUT2D eigenvalue weighted by Crippen LogP contribution is 2.31. The average Bonchev–Trinajstić information content (AvgIpc) is 2.85. The second-order valence-corrected chi connectivity index (χ2v) is 8.18. The first-order valence-electron chi connectivity index (χ1n) is 11.6. The van der Waals surface area contributed by atoms with Gasteiger partial charge in [0.1, 0.15) is 5.56 Å².